The van der Waals surface area contributed by atoms with Gasteiger partial charge in [0, 0.05) is 30.5 Å². The fraction of sp³-hybridized carbons (Fsp3) is 0.160. The lowest BCUT2D eigenvalue weighted by atomic mass is 10.0. The number of carbonyl (C=O) groups is 1. The number of hydrogen-bond acceptors (Lipinski definition) is 6. The van der Waals surface area contributed by atoms with Gasteiger partial charge < -0.3 is 9.84 Å². The quantitative estimate of drug-likeness (QED) is 0.298. The highest BCUT2D eigenvalue weighted by Crippen LogP contribution is 2.24. The average molecular weight is 442 g/mol. The van der Waals surface area contributed by atoms with Gasteiger partial charge in [-0.25, -0.2) is 0 Å². The predicted molar refractivity (Wildman–Crippen MR) is 122 cm³/mol. The molecule has 0 fully saturated rings. The SMILES string of the molecule is O=C(CCc1ccccc1)N[C@@H](Cc1ccccc1)c1nc(-c2cccc([N+](=O)[O-])c2)no1. The summed E-state index contributed by atoms with van der Waals surface area (Å²) < 4.78 is 5.47. The fourth-order valence-corrected chi connectivity index (χ4v) is 3.47. The minimum atomic E-state index is -0.532. The number of nitro benzene ring substituents is 1. The van der Waals surface area contributed by atoms with Gasteiger partial charge in [-0.05, 0) is 17.5 Å². The van der Waals surface area contributed by atoms with E-state index < -0.39 is 11.0 Å². The van der Waals surface area contributed by atoms with E-state index in [1.165, 1.54) is 12.1 Å². The van der Waals surface area contributed by atoms with Crippen LogP contribution in [-0.2, 0) is 17.6 Å². The van der Waals surface area contributed by atoms with Crippen LogP contribution in [0.25, 0.3) is 11.4 Å². The summed E-state index contributed by atoms with van der Waals surface area (Å²) in [6.07, 6.45) is 1.41. The Morgan fingerprint density at radius 1 is 0.970 bits per heavy atom. The standard InChI is InChI=1S/C25H22N4O4/c30-23(15-14-18-8-3-1-4-9-18)26-22(16-19-10-5-2-6-11-19)25-27-24(28-33-25)20-12-7-13-21(17-20)29(31)32/h1-13,17,22H,14-16H2,(H,26,30)/t22-/m0/s1. The van der Waals surface area contributed by atoms with E-state index in [-0.39, 0.29) is 23.3 Å². The molecule has 8 heteroatoms. The van der Waals surface area contributed by atoms with E-state index >= 15 is 0 Å². The lowest BCUT2D eigenvalue weighted by Crippen LogP contribution is -2.30. The minimum absolute atomic E-state index is 0.0612. The summed E-state index contributed by atoms with van der Waals surface area (Å²) in [5.74, 6) is 0.341. The van der Waals surface area contributed by atoms with Crippen molar-refractivity contribution in [2.75, 3.05) is 0 Å². The van der Waals surface area contributed by atoms with Gasteiger partial charge in [0.1, 0.15) is 6.04 Å². The average Bonchev–Trinajstić information content (AvgIpc) is 3.34. The third-order valence-electron chi connectivity index (χ3n) is 5.16. The first-order chi connectivity index (χ1) is 16.1. The van der Waals surface area contributed by atoms with Gasteiger partial charge in [0.25, 0.3) is 5.69 Å². The van der Waals surface area contributed by atoms with Crippen molar-refractivity contribution in [2.45, 2.75) is 25.3 Å². The molecule has 0 unspecified atom stereocenters. The number of benzene rings is 3. The highest BCUT2D eigenvalue weighted by molar-refractivity contribution is 5.76. The van der Waals surface area contributed by atoms with Crippen LogP contribution >= 0.6 is 0 Å². The number of amides is 1. The Morgan fingerprint density at radius 2 is 1.67 bits per heavy atom. The third kappa shape index (κ3) is 5.88. The summed E-state index contributed by atoms with van der Waals surface area (Å²) in [6, 6.07) is 25.0. The molecule has 1 heterocycles. The van der Waals surface area contributed by atoms with Crippen molar-refractivity contribution in [1.82, 2.24) is 15.5 Å². The summed E-state index contributed by atoms with van der Waals surface area (Å²) in [6.45, 7) is 0. The maximum Gasteiger partial charge on any atom is 0.270 e. The number of nitrogens with zero attached hydrogens (tertiary/aromatic N) is 3. The second-order valence-corrected chi connectivity index (χ2v) is 7.56. The predicted octanol–water partition coefficient (Wildman–Crippen LogP) is 4.68. The molecule has 3 aromatic carbocycles. The van der Waals surface area contributed by atoms with Crippen LogP contribution in [0.5, 0.6) is 0 Å². The van der Waals surface area contributed by atoms with Crippen LogP contribution in [0.4, 0.5) is 5.69 Å². The molecular weight excluding hydrogens is 420 g/mol. The Kier molecular flexibility index (Phi) is 6.84. The van der Waals surface area contributed by atoms with E-state index in [9.17, 15) is 14.9 Å². The van der Waals surface area contributed by atoms with E-state index in [4.69, 9.17) is 4.52 Å². The monoisotopic (exact) mass is 442 g/mol. The number of aryl methyl sites for hydroxylation is 1. The summed E-state index contributed by atoms with van der Waals surface area (Å²) in [5.41, 5.74) is 2.49. The molecular formula is C25H22N4O4. The molecule has 0 radical (unpaired) electrons. The van der Waals surface area contributed by atoms with Crippen molar-refractivity contribution in [3.63, 3.8) is 0 Å². The van der Waals surface area contributed by atoms with E-state index in [1.54, 1.807) is 12.1 Å². The van der Waals surface area contributed by atoms with Crippen LogP contribution in [-0.4, -0.2) is 21.0 Å². The molecule has 8 nitrogen and oxygen atoms in total. The maximum atomic E-state index is 12.7. The fourth-order valence-electron chi connectivity index (χ4n) is 3.47. The van der Waals surface area contributed by atoms with Crippen LogP contribution in [0.2, 0.25) is 0 Å². The highest BCUT2D eigenvalue weighted by Gasteiger charge is 2.23. The maximum absolute atomic E-state index is 12.7. The minimum Gasteiger partial charge on any atom is -0.344 e. The summed E-state index contributed by atoms with van der Waals surface area (Å²) >= 11 is 0. The first-order valence-corrected chi connectivity index (χ1v) is 10.5. The van der Waals surface area contributed by atoms with Gasteiger partial charge in [0.05, 0.1) is 4.92 Å². The number of nitrogens with one attached hydrogen (secondary N) is 1. The van der Waals surface area contributed by atoms with E-state index in [1.807, 2.05) is 60.7 Å². The number of nitro groups is 1. The zero-order chi connectivity index (χ0) is 23.0. The number of aromatic nitrogens is 2. The van der Waals surface area contributed by atoms with Crippen molar-refractivity contribution in [1.29, 1.82) is 0 Å². The van der Waals surface area contributed by atoms with Crippen molar-refractivity contribution in [2.24, 2.45) is 0 Å². The Hall–Kier alpha value is -4.33. The van der Waals surface area contributed by atoms with Crippen LogP contribution in [0, 0.1) is 10.1 Å². The van der Waals surface area contributed by atoms with Crippen molar-refractivity contribution in [3.8, 4) is 11.4 Å². The highest BCUT2D eigenvalue weighted by atomic mass is 16.6. The largest absolute Gasteiger partial charge is 0.344 e. The number of carbonyl (C=O) groups excluding carboxylic acids is 1. The van der Waals surface area contributed by atoms with Gasteiger partial charge in [0.2, 0.25) is 17.6 Å². The van der Waals surface area contributed by atoms with Gasteiger partial charge in [-0.15, -0.1) is 0 Å². The van der Waals surface area contributed by atoms with E-state index in [0.29, 0.717) is 24.8 Å². The van der Waals surface area contributed by atoms with Gasteiger partial charge in [0.15, 0.2) is 0 Å². The van der Waals surface area contributed by atoms with Gasteiger partial charge in [-0.2, -0.15) is 4.98 Å². The van der Waals surface area contributed by atoms with Crippen LogP contribution < -0.4 is 5.32 Å². The molecule has 0 saturated carbocycles. The van der Waals surface area contributed by atoms with Crippen LogP contribution in [0.1, 0.15) is 29.5 Å². The molecule has 166 valence electrons. The Bertz CT molecular complexity index is 1230. The first-order valence-electron chi connectivity index (χ1n) is 10.5. The molecule has 1 N–H and O–H groups in total. The Balaban J connectivity index is 1.53. The molecule has 1 amide bonds. The smallest absolute Gasteiger partial charge is 0.270 e. The number of non-ortho nitro benzene ring substituents is 1. The molecule has 1 aromatic heterocycles. The molecule has 0 aliphatic rings. The van der Waals surface area contributed by atoms with Crippen LogP contribution in [0.15, 0.2) is 89.5 Å². The van der Waals surface area contributed by atoms with Crippen molar-refractivity contribution in [3.05, 3.63) is 112 Å². The third-order valence-corrected chi connectivity index (χ3v) is 5.16. The lowest BCUT2D eigenvalue weighted by molar-refractivity contribution is -0.384. The first kappa shape index (κ1) is 21.9. The molecule has 0 aliphatic carbocycles. The normalized spacial score (nSPS) is 11.6. The van der Waals surface area contributed by atoms with Gasteiger partial charge in [-0.1, -0.05) is 78.0 Å². The zero-order valence-electron chi connectivity index (χ0n) is 17.8. The Labute approximate surface area is 190 Å². The molecule has 0 saturated heterocycles. The van der Waals surface area contributed by atoms with Crippen molar-refractivity contribution >= 4 is 11.6 Å². The summed E-state index contributed by atoms with van der Waals surface area (Å²) in [4.78, 5) is 27.7. The molecule has 0 aliphatic heterocycles. The lowest BCUT2D eigenvalue weighted by Gasteiger charge is -2.15. The van der Waals surface area contributed by atoms with E-state index in [0.717, 1.165) is 11.1 Å². The second kappa shape index (κ2) is 10.3. The molecule has 4 aromatic rings. The van der Waals surface area contributed by atoms with Crippen molar-refractivity contribution < 1.29 is 14.2 Å². The summed E-state index contributed by atoms with van der Waals surface area (Å²) in [7, 11) is 0. The number of rotatable bonds is 9. The topological polar surface area (TPSA) is 111 Å². The zero-order valence-corrected chi connectivity index (χ0v) is 17.8. The molecule has 33 heavy (non-hydrogen) atoms. The molecule has 0 spiro atoms. The molecule has 0 bridgehead atoms. The van der Waals surface area contributed by atoms with Gasteiger partial charge >= 0.3 is 0 Å². The number of hydrogen-bond donors (Lipinski definition) is 1. The van der Waals surface area contributed by atoms with Crippen LogP contribution in [0.3, 0.4) is 0 Å². The van der Waals surface area contributed by atoms with Gasteiger partial charge in [-0.3, -0.25) is 14.9 Å². The van der Waals surface area contributed by atoms with E-state index in [2.05, 4.69) is 15.5 Å². The Morgan fingerprint density at radius 3 is 2.36 bits per heavy atom. The molecule has 4 rings (SSSR count). The summed E-state index contributed by atoms with van der Waals surface area (Å²) in [5, 5.41) is 18.1. The second-order valence-electron chi connectivity index (χ2n) is 7.56. The molecule has 1 atom stereocenters.